The molecular formula is C15H20N2O2S2. The number of hydrogen-bond acceptors (Lipinski definition) is 4. The molecule has 0 radical (unpaired) electrons. The molecule has 3 N–H and O–H groups in total. The van der Waals surface area contributed by atoms with Crippen molar-refractivity contribution in [2.24, 2.45) is 0 Å². The highest BCUT2D eigenvalue weighted by Gasteiger charge is 2.18. The van der Waals surface area contributed by atoms with Crippen LogP contribution in [0.15, 0.2) is 18.2 Å². The Morgan fingerprint density at radius 3 is 2.86 bits per heavy atom. The van der Waals surface area contributed by atoms with E-state index in [1.807, 2.05) is 32.0 Å². The Morgan fingerprint density at radius 1 is 1.48 bits per heavy atom. The molecule has 0 aliphatic rings. The van der Waals surface area contributed by atoms with Gasteiger partial charge in [-0.3, -0.25) is 9.00 Å². The first-order valence-corrected chi connectivity index (χ1v) is 9.32. The quantitative estimate of drug-likeness (QED) is 0.888. The molecule has 1 amide bonds. The van der Waals surface area contributed by atoms with Gasteiger partial charge in [-0.2, -0.15) is 0 Å². The SMILES string of the molecule is Cc1ccc2sc(C(=O)NC(C)CCS(C)=O)c(N)c2c1. The largest absolute Gasteiger partial charge is 0.397 e. The summed E-state index contributed by atoms with van der Waals surface area (Å²) in [6.45, 7) is 3.92. The van der Waals surface area contributed by atoms with Crippen LogP contribution in [0.2, 0.25) is 0 Å². The third kappa shape index (κ3) is 3.83. The van der Waals surface area contributed by atoms with E-state index in [1.54, 1.807) is 6.26 Å². The maximum Gasteiger partial charge on any atom is 0.263 e. The molecule has 0 saturated heterocycles. The van der Waals surface area contributed by atoms with E-state index >= 15 is 0 Å². The number of amides is 1. The molecule has 0 saturated carbocycles. The predicted octanol–water partition coefficient (Wildman–Crippen LogP) is 2.68. The van der Waals surface area contributed by atoms with Gasteiger partial charge in [0.25, 0.3) is 5.91 Å². The number of benzene rings is 1. The van der Waals surface area contributed by atoms with Crippen LogP contribution in [0.1, 0.15) is 28.6 Å². The molecule has 0 aliphatic heterocycles. The highest BCUT2D eigenvalue weighted by molar-refractivity contribution is 7.84. The monoisotopic (exact) mass is 324 g/mol. The maximum absolute atomic E-state index is 12.3. The van der Waals surface area contributed by atoms with Crippen molar-refractivity contribution in [2.45, 2.75) is 26.3 Å². The topological polar surface area (TPSA) is 72.2 Å². The Hall–Kier alpha value is -1.40. The van der Waals surface area contributed by atoms with E-state index in [0.717, 1.165) is 15.6 Å². The van der Waals surface area contributed by atoms with Crippen LogP contribution in [0.3, 0.4) is 0 Å². The molecule has 1 aromatic carbocycles. The van der Waals surface area contributed by atoms with Crippen molar-refractivity contribution in [3.05, 3.63) is 28.6 Å². The van der Waals surface area contributed by atoms with Crippen LogP contribution >= 0.6 is 11.3 Å². The molecule has 0 aliphatic carbocycles. The minimum Gasteiger partial charge on any atom is -0.397 e. The molecule has 0 spiro atoms. The summed E-state index contributed by atoms with van der Waals surface area (Å²) in [7, 11) is -0.838. The molecule has 0 fully saturated rings. The minimum atomic E-state index is -0.838. The van der Waals surface area contributed by atoms with Gasteiger partial charge in [0, 0.05) is 38.9 Å². The number of nitrogen functional groups attached to an aromatic ring is 1. The molecule has 114 valence electrons. The summed E-state index contributed by atoms with van der Waals surface area (Å²) in [5, 5.41) is 3.86. The summed E-state index contributed by atoms with van der Waals surface area (Å²) < 4.78 is 12.1. The van der Waals surface area contributed by atoms with E-state index in [9.17, 15) is 9.00 Å². The Labute approximate surface area is 131 Å². The Morgan fingerprint density at radius 2 is 2.19 bits per heavy atom. The zero-order valence-electron chi connectivity index (χ0n) is 12.4. The zero-order valence-corrected chi connectivity index (χ0v) is 14.1. The first-order chi connectivity index (χ1) is 9.88. The van der Waals surface area contributed by atoms with Crippen molar-refractivity contribution in [2.75, 3.05) is 17.7 Å². The van der Waals surface area contributed by atoms with Crippen molar-refractivity contribution in [3.63, 3.8) is 0 Å². The Balaban J connectivity index is 2.16. The predicted molar refractivity (Wildman–Crippen MR) is 91.5 cm³/mol. The van der Waals surface area contributed by atoms with Crippen molar-refractivity contribution < 1.29 is 9.00 Å². The number of carbonyl (C=O) groups excluding carboxylic acids is 1. The summed E-state index contributed by atoms with van der Waals surface area (Å²) >= 11 is 1.41. The molecule has 1 heterocycles. The van der Waals surface area contributed by atoms with Gasteiger partial charge in [0.15, 0.2) is 0 Å². The van der Waals surface area contributed by atoms with E-state index in [4.69, 9.17) is 5.73 Å². The van der Waals surface area contributed by atoms with Gasteiger partial charge in [-0.25, -0.2) is 0 Å². The Bertz CT molecular complexity index is 694. The van der Waals surface area contributed by atoms with E-state index < -0.39 is 10.8 Å². The number of nitrogens with one attached hydrogen (secondary N) is 1. The lowest BCUT2D eigenvalue weighted by atomic mass is 10.1. The maximum atomic E-state index is 12.3. The van der Waals surface area contributed by atoms with Gasteiger partial charge >= 0.3 is 0 Å². The third-order valence-electron chi connectivity index (χ3n) is 3.30. The fourth-order valence-electron chi connectivity index (χ4n) is 2.10. The van der Waals surface area contributed by atoms with Crippen LogP contribution in [-0.2, 0) is 10.8 Å². The van der Waals surface area contributed by atoms with Crippen LogP contribution in [0.4, 0.5) is 5.69 Å². The number of fused-ring (bicyclic) bond motifs is 1. The molecule has 2 rings (SSSR count). The van der Waals surface area contributed by atoms with Gasteiger partial charge in [-0.15, -0.1) is 11.3 Å². The number of anilines is 1. The number of thiophene rings is 1. The number of carbonyl (C=O) groups is 1. The number of hydrogen-bond donors (Lipinski definition) is 2. The van der Waals surface area contributed by atoms with Crippen LogP contribution in [-0.4, -0.2) is 28.2 Å². The van der Waals surface area contributed by atoms with E-state index in [-0.39, 0.29) is 11.9 Å². The normalized spacial score (nSPS) is 14.0. The fourth-order valence-corrected chi connectivity index (χ4v) is 3.80. The van der Waals surface area contributed by atoms with Gasteiger partial charge in [0.2, 0.25) is 0 Å². The van der Waals surface area contributed by atoms with Crippen molar-refractivity contribution in [1.29, 1.82) is 0 Å². The molecule has 2 unspecified atom stereocenters. The molecular weight excluding hydrogens is 304 g/mol. The summed E-state index contributed by atoms with van der Waals surface area (Å²) in [4.78, 5) is 12.9. The fraction of sp³-hybridized carbons (Fsp3) is 0.400. The standard InChI is InChI=1S/C15H20N2O2S2/c1-9-4-5-12-11(8-9)13(16)14(20-12)15(18)17-10(2)6-7-21(3)19/h4-5,8,10H,6-7,16H2,1-3H3,(H,17,18). The molecule has 6 heteroatoms. The Kier molecular flexibility index (Phi) is 5.00. The lowest BCUT2D eigenvalue weighted by molar-refractivity contribution is 0.0944. The number of nitrogens with two attached hydrogens (primary N) is 1. The van der Waals surface area contributed by atoms with Crippen molar-refractivity contribution >= 4 is 43.8 Å². The third-order valence-corrected chi connectivity index (χ3v) is 5.30. The summed E-state index contributed by atoms with van der Waals surface area (Å²) in [5.41, 5.74) is 7.77. The van der Waals surface area contributed by atoms with E-state index in [2.05, 4.69) is 5.32 Å². The van der Waals surface area contributed by atoms with Crippen LogP contribution in [0.25, 0.3) is 10.1 Å². The minimum absolute atomic E-state index is 0.0206. The van der Waals surface area contributed by atoms with E-state index in [1.165, 1.54) is 11.3 Å². The van der Waals surface area contributed by atoms with Crippen LogP contribution in [0.5, 0.6) is 0 Å². The van der Waals surface area contributed by atoms with Crippen LogP contribution < -0.4 is 11.1 Å². The van der Waals surface area contributed by atoms with Gasteiger partial charge < -0.3 is 11.1 Å². The average molecular weight is 324 g/mol. The van der Waals surface area contributed by atoms with Gasteiger partial charge in [-0.1, -0.05) is 11.6 Å². The summed E-state index contributed by atoms with van der Waals surface area (Å²) in [5.74, 6) is 0.434. The molecule has 1 aromatic heterocycles. The van der Waals surface area contributed by atoms with Gasteiger partial charge in [-0.05, 0) is 32.4 Å². The summed E-state index contributed by atoms with van der Waals surface area (Å²) in [6.07, 6.45) is 2.36. The lowest BCUT2D eigenvalue weighted by Gasteiger charge is -2.12. The molecule has 21 heavy (non-hydrogen) atoms. The first kappa shape index (κ1) is 16.0. The molecule has 4 nitrogen and oxygen atoms in total. The highest BCUT2D eigenvalue weighted by atomic mass is 32.2. The van der Waals surface area contributed by atoms with Gasteiger partial charge in [0.05, 0.1) is 5.69 Å². The van der Waals surface area contributed by atoms with E-state index in [0.29, 0.717) is 22.7 Å². The van der Waals surface area contributed by atoms with Crippen molar-refractivity contribution in [3.8, 4) is 0 Å². The van der Waals surface area contributed by atoms with Gasteiger partial charge in [0.1, 0.15) is 4.88 Å². The number of aryl methyl sites for hydroxylation is 1. The summed E-state index contributed by atoms with van der Waals surface area (Å²) in [6, 6.07) is 5.99. The van der Waals surface area contributed by atoms with Crippen molar-refractivity contribution in [1.82, 2.24) is 5.32 Å². The second-order valence-electron chi connectivity index (χ2n) is 5.28. The molecule has 0 bridgehead atoms. The smallest absolute Gasteiger partial charge is 0.263 e. The molecule has 2 aromatic rings. The highest BCUT2D eigenvalue weighted by Crippen LogP contribution is 2.34. The van der Waals surface area contributed by atoms with Crippen LogP contribution in [0, 0.1) is 6.92 Å². The lowest BCUT2D eigenvalue weighted by Crippen LogP contribution is -2.33. The number of rotatable bonds is 5. The zero-order chi connectivity index (χ0) is 15.6. The second kappa shape index (κ2) is 6.58. The molecule has 2 atom stereocenters. The second-order valence-corrected chi connectivity index (χ2v) is 7.89. The average Bonchev–Trinajstić information content (AvgIpc) is 2.74. The first-order valence-electron chi connectivity index (χ1n) is 6.78.